The zero-order valence-electron chi connectivity index (χ0n) is 19.0. The monoisotopic (exact) mass is 449 g/mol. The van der Waals surface area contributed by atoms with Gasteiger partial charge in [0, 0.05) is 16.7 Å². The topological polar surface area (TPSA) is 105 Å². The van der Waals surface area contributed by atoms with Gasteiger partial charge in [0.05, 0.1) is 38.9 Å². The van der Waals surface area contributed by atoms with E-state index in [1.807, 2.05) is 54.4 Å². The van der Waals surface area contributed by atoms with Gasteiger partial charge in [-0.25, -0.2) is 0 Å². The van der Waals surface area contributed by atoms with E-state index >= 15 is 0 Å². The highest BCUT2D eigenvalue weighted by Crippen LogP contribution is 2.42. The normalized spacial score (nSPS) is 22.8. The number of benzene rings is 2. The van der Waals surface area contributed by atoms with Crippen molar-refractivity contribution in [1.82, 2.24) is 5.01 Å². The minimum Gasteiger partial charge on any atom is -0.481 e. The van der Waals surface area contributed by atoms with E-state index in [9.17, 15) is 14.7 Å². The number of rotatable bonds is 7. The molecule has 1 aliphatic heterocycles. The van der Waals surface area contributed by atoms with Crippen LogP contribution in [0.4, 0.5) is 0 Å². The minimum absolute atomic E-state index is 0.0371. The van der Waals surface area contributed by atoms with Crippen LogP contribution >= 0.6 is 0 Å². The summed E-state index contributed by atoms with van der Waals surface area (Å²) < 4.78 is 5.33. The first-order valence-corrected chi connectivity index (χ1v) is 11.6. The van der Waals surface area contributed by atoms with Crippen LogP contribution in [0.25, 0.3) is 0 Å². The minimum atomic E-state index is -0.837. The molecule has 7 heteroatoms. The lowest BCUT2D eigenvalue weighted by Gasteiger charge is -2.42. The summed E-state index contributed by atoms with van der Waals surface area (Å²) in [6.07, 6.45) is 3.97. The number of hydrogen-bond donors (Lipinski definition) is 2. The van der Waals surface area contributed by atoms with Crippen LogP contribution in [-0.2, 0) is 21.5 Å². The molecule has 4 rings (SSSR count). The fourth-order valence-corrected chi connectivity index (χ4v) is 4.86. The predicted octanol–water partition coefficient (Wildman–Crippen LogP) is 3.18. The largest absolute Gasteiger partial charge is 0.481 e. The molecule has 7 nitrogen and oxygen atoms in total. The van der Waals surface area contributed by atoms with Crippen LogP contribution in [0.3, 0.4) is 0 Å². The highest BCUT2D eigenvalue weighted by molar-refractivity contribution is 6.09. The quantitative estimate of drug-likeness (QED) is 0.497. The Morgan fingerprint density at radius 3 is 2.55 bits per heavy atom. The van der Waals surface area contributed by atoms with Crippen molar-refractivity contribution in [3.05, 3.63) is 70.3 Å². The summed E-state index contributed by atoms with van der Waals surface area (Å²) in [5, 5.41) is 15.8. The van der Waals surface area contributed by atoms with Crippen molar-refractivity contribution in [1.29, 1.82) is 0 Å². The lowest BCUT2D eigenvalue weighted by molar-refractivity contribution is -0.139. The number of nitrogens with two attached hydrogens (primary N) is 1. The zero-order chi connectivity index (χ0) is 23.4. The van der Waals surface area contributed by atoms with E-state index < -0.39 is 11.5 Å². The summed E-state index contributed by atoms with van der Waals surface area (Å²) >= 11 is 0. The summed E-state index contributed by atoms with van der Waals surface area (Å²) in [4.78, 5) is 24.6. The molecule has 0 amide bonds. The van der Waals surface area contributed by atoms with Crippen LogP contribution in [0.1, 0.15) is 58.8 Å². The fourth-order valence-electron chi connectivity index (χ4n) is 4.86. The molecule has 0 radical (unpaired) electrons. The molecule has 3 N–H and O–H groups in total. The van der Waals surface area contributed by atoms with Gasteiger partial charge in [0.15, 0.2) is 5.78 Å². The molecular formula is C26H31N3O4. The van der Waals surface area contributed by atoms with Gasteiger partial charge >= 0.3 is 5.97 Å². The molecule has 33 heavy (non-hydrogen) atoms. The summed E-state index contributed by atoms with van der Waals surface area (Å²) in [7, 11) is 0. The van der Waals surface area contributed by atoms with Crippen molar-refractivity contribution in [3.63, 3.8) is 0 Å². The Hall–Kier alpha value is -3.03. The number of carbonyl (C=O) groups excluding carboxylic acids is 1. The van der Waals surface area contributed by atoms with E-state index in [0.29, 0.717) is 30.8 Å². The lowest BCUT2D eigenvalue weighted by Crippen LogP contribution is -2.47. The average Bonchev–Trinajstić information content (AvgIpc) is 2.84. The molecule has 1 aliphatic carbocycles. The maximum Gasteiger partial charge on any atom is 0.303 e. The smallest absolute Gasteiger partial charge is 0.303 e. The third kappa shape index (κ3) is 4.99. The van der Waals surface area contributed by atoms with E-state index in [0.717, 1.165) is 42.6 Å². The number of ether oxygens (including phenoxy) is 1. The number of nitrogens with zero attached hydrogens (tertiary/aromatic N) is 2. The molecule has 2 unspecified atom stereocenters. The molecule has 174 valence electrons. The van der Waals surface area contributed by atoms with Gasteiger partial charge in [-0.1, -0.05) is 43.3 Å². The third-order valence-corrected chi connectivity index (χ3v) is 6.90. The number of hydrogen-bond acceptors (Lipinski definition) is 6. The number of ketones is 1. The van der Waals surface area contributed by atoms with Crippen molar-refractivity contribution in [3.8, 4) is 0 Å². The van der Waals surface area contributed by atoms with E-state index in [1.54, 1.807) is 6.21 Å². The van der Waals surface area contributed by atoms with E-state index in [1.165, 1.54) is 0 Å². The Morgan fingerprint density at radius 1 is 1.18 bits per heavy atom. The average molecular weight is 450 g/mol. The molecule has 1 saturated heterocycles. The number of aliphatic carboxylic acids is 1. The molecule has 0 spiro atoms. The van der Waals surface area contributed by atoms with Gasteiger partial charge in [0.1, 0.15) is 0 Å². The highest BCUT2D eigenvalue weighted by Gasteiger charge is 2.41. The Bertz CT molecular complexity index is 1040. The van der Waals surface area contributed by atoms with Gasteiger partial charge in [-0.2, -0.15) is 5.10 Å². The zero-order valence-corrected chi connectivity index (χ0v) is 19.0. The van der Waals surface area contributed by atoms with Crippen molar-refractivity contribution in [2.45, 2.75) is 38.1 Å². The van der Waals surface area contributed by atoms with Crippen LogP contribution in [0, 0.1) is 5.92 Å². The summed E-state index contributed by atoms with van der Waals surface area (Å²) in [5.74, 6) is -1.06. The Balaban J connectivity index is 1.54. The molecule has 2 aliphatic rings. The third-order valence-electron chi connectivity index (χ3n) is 6.90. The molecule has 1 heterocycles. The molecule has 0 saturated carbocycles. The maximum absolute atomic E-state index is 13.2. The van der Waals surface area contributed by atoms with Crippen molar-refractivity contribution < 1.29 is 19.4 Å². The number of morpholine rings is 1. The summed E-state index contributed by atoms with van der Waals surface area (Å²) in [6, 6.07) is 13.1. The molecule has 0 aromatic heterocycles. The molecule has 2 aromatic rings. The molecule has 2 atom stereocenters. The van der Waals surface area contributed by atoms with Crippen LogP contribution in [0.5, 0.6) is 0 Å². The second-order valence-electron chi connectivity index (χ2n) is 8.86. The first kappa shape index (κ1) is 23.1. The van der Waals surface area contributed by atoms with Gasteiger partial charge in [-0.15, -0.1) is 0 Å². The number of fused-ring (bicyclic) bond motifs is 1. The summed E-state index contributed by atoms with van der Waals surface area (Å²) in [5.41, 5.74) is 10.1. The van der Waals surface area contributed by atoms with E-state index in [4.69, 9.17) is 10.5 Å². The molecular weight excluding hydrogens is 418 g/mol. The van der Waals surface area contributed by atoms with Crippen LogP contribution < -0.4 is 5.73 Å². The fraction of sp³-hybridized carbons (Fsp3) is 0.423. The highest BCUT2D eigenvalue weighted by atomic mass is 16.5. The number of carboxylic acid groups (broad SMARTS) is 1. The van der Waals surface area contributed by atoms with Gasteiger partial charge in [0.2, 0.25) is 0 Å². The Kier molecular flexibility index (Phi) is 6.91. The Morgan fingerprint density at radius 2 is 1.88 bits per heavy atom. The first-order valence-electron chi connectivity index (χ1n) is 11.6. The van der Waals surface area contributed by atoms with Crippen molar-refractivity contribution in [2.75, 3.05) is 26.3 Å². The van der Waals surface area contributed by atoms with Crippen molar-refractivity contribution >= 4 is 18.0 Å². The van der Waals surface area contributed by atoms with Crippen LogP contribution in [0.2, 0.25) is 0 Å². The number of carbonyl (C=O) groups is 2. The predicted molar refractivity (Wildman–Crippen MR) is 127 cm³/mol. The molecule has 2 aromatic carbocycles. The molecule has 0 bridgehead atoms. The second kappa shape index (κ2) is 9.85. The number of carboxylic acids is 1. The van der Waals surface area contributed by atoms with Gasteiger partial charge in [-0.3, -0.25) is 14.6 Å². The van der Waals surface area contributed by atoms with Gasteiger partial charge < -0.3 is 15.6 Å². The first-order chi connectivity index (χ1) is 15.9. The standard InChI is InChI=1S/C26H31N3O4/c1-2-26(27)22(16-24(30)31)10-9-19-7-8-21(15-23(19)26)25(32)20-5-3-18(4-6-20)17-28-29-11-13-33-14-12-29/h3-8,15,17,22H,2,9-14,16,27H2,1H3,(H,30,31). The number of hydrazone groups is 1. The summed E-state index contributed by atoms with van der Waals surface area (Å²) in [6.45, 7) is 4.91. The van der Waals surface area contributed by atoms with Crippen LogP contribution in [-0.4, -0.2) is 54.4 Å². The van der Waals surface area contributed by atoms with Crippen molar-refractivity contribution in [2.24, 2.45) is 16.8 Å². The number of aryl methyl sites for hydroxylation is 1. The van der Waals surface area contributed by atoms with E-state index in [2.05, 4.69) is 5.10 Å². The lowest BCUT2D eigenvalue weighted by atomic mass is 9.66. The van der Waals surface area contributed by atoms with Crippen LogP contribution in [0.15, 0.2) is 47.6 Å². The second-order valence-corrected chi connectivity index (χ2v) is 8.86. The SMILES string of the molecule is CCC1(N)c2cc(C(=O)c3ccc(C=NN4CCOCC4)cc3)ccc2CCC1CC(=O)O. The van der Waals surface area contributed by atoms with Gasteiger partial charge in [0.25, 0.3) is 0 Å². The maximum atomic E-state index is 13.2. The van der Waals surface area contributed by atoms with Gasteiger partial charge in [-0.05, 0) is 47.9 Å². The van der Waals surface area contributed by atoms with E-state index in [-0.39, 0.29) is 18.1 Å². The Labute approximate surface area is 194 Å². The molecule has 1 fully saturated rings.